The first-order valence-electron chi connectivity index (χ1n) is 7.66. The molecule has 122 valence electrons. The molecule has 0 bridgehead atoms. The molecule has 0 aromatic rings. The summed E-state index contributed by atoms with van der Waals surface area (Å²) in [6, 6.07) is 0. The average Bonchev–Trinajstić information content (AvgIpc) is 2.41. The first-order valence-corrected chi connectivity index (χ1v) is 8.60. The molecule has 1 saturated heterocycles. The SMILES string of the molecule is C=C(C)C(=O)OC1(CC)CCC(OC(C)C)SC1OCC. The molecule has 0 N–H and O–H groups in total. The highest BCUT2D eigenvalue weighted by Gasteiger charge is 2.47. The summed E-state index contributed by atoms with van der Waals surface area (Å²) in [7, 11) is 0. The van der Waals surface area contributed by atoms with Gasteiger partial charge in [-0.15, -0.1) is 0 Å². The van der Waals surface area contributed by atoms with Crippen molar-refractivity contribution in [2.24, 2.45) is 0 Å². The Balaban J connectivity index is 2.85. The molecule has 0 amide bonds. The summed E-state index contributed by atoms with van der Waals surface area (Å²) < 4.78 is 17.5. The van der Waals surface area contributed by atoms with Crippen LogP contribution in [0.1, 0.15) is 53.9 Å². The molecule has 0 spiro atoms. The maximum absolute atomic E-state index is 12.0. The maximum atomic E-state index is 12.0. The van der Waals surface area contributed by atoms with Crippen LogP contribution in [0.25, 0.3) is 0 Å². The highest BCUT2D eigenvalue weighted by molar-refractivity contribution is 8.00. The highest BCUT2D eigenvalue weighted by Crippen LogP contribution is 2.44. The number of carbonyl (C=O) groups is 1. The number of hydrogen-bond donors (Lipinski definition) is 0. The molecule has 21 heavy (non-hydrogen) atoms. The Hall–Kier alpha value is -0.520. The molecule has 0 aliphatic carbocycles. The van der Waals surface area contributed by atoms with Gasteiger partial charge in [-0.2, -0.15) is 0 Å². The number of hydrogen-bond acceptors (Lipinski definition) is 5. The molecule has 1 aliphatic heterocycles. The number of ether oxygens (including phenoxy) is 3. The Morgan fingerprint density at radius 3 is 2.57 bits per heavy atom. The smallest absolute Gasteiger partial charge is 0.333 e. The summed E-state index contributed by atoms with van der Waals surface area (Å²) >= 11 is 1.62. The lowest BCUT2D eigenvalue weighted by Crippen LogP contribution is -2.50. The van der Waals surface area contributed by atoms with Crippen LogP contribution in [0.15, 0.2) is 12.2 Å². The van der Waals surface area contributed by atoms with Gasteiger partial charge in [-0.25, -0.2) is 4.79 Å². The fourth-order valence-electron chi connectivity index (χ4n) is 2.34. The van der Waals surface area contributed by atoms with Crippen LogP contribution < -0.4 is 0 Å². The largest absolute Gasteiger partial charge is 0.452 e. The van der Waals surface area contributed by atoms with Crippen molar-refractivity contribution in [3.05, 3.63) is 12.2 Å². The molecule has 0 radical (unpaired) electrons. The Labute approximate surface area is 132 Å². The lowest BCUT2D eigenvalue weighted by molar-refractivity contribution is -0.170. The van der Waals surface area contributed by atoms with E-state index in [1.807, 2.05) is 27.7 Å². The van der Waals surface area contributed by atoms with Gasteiger partial charge in [0.15, 0.2) is 0 Å². The minimum atomic E-state index is -0.590. The van der Waals surface area contributed by atoms with Gasteiger partial charge >= 0.3 is 5.97 Å². The molecule has 1 heterocycles. The van der Waals surface area contributed by atoms with Gasteiger partial charge in [0.1, 0.15) is 16.5 Å². The molecular weight excluding hydrogens is 288 g/mol. The molecular formula is C16H28O4S. The Kier molecular flexibility index (Phi) is 7.24. The Morgan fingerprint density at radius 1 is 1.43 bits per heavy atom. The third-order valence-electron chi connectivity index (χ3n) is 3.49. The minimum absolute atomic E-state index is 0.0877. The van der Waals surface area contributed by atoms with E-state index in [9.17, 15) is 4.79 Å². The van der Waals surface area contributed by atoms with Gasteiger partial charge in [-0.1, -0.05) is 25.3 Å². The fraction of sp³-hybridized carbons (Fsp3) is 0.812. The lowest BCUT2D eigenvalue weighted by atomic mass is 9.94. The van der Waals surface area contributed by atoms with Gasteiger partial charge in [0.2, 0.25) is 0 Å². The van der Waals surface area contributed by atoms with E-state index in [-0.39, 0.29) is 22.9 Å². The topological polar surface area (TPSA) is 44.8 Å². The second kappa shape index (κ2) is 8.20. The summed E-state index contributed by atoms with van der Waals surface area (Å²) in [5, 5.41) is 0. The van der Waals surface area contributed by atoms with Gasteiger partial charge in [0.05, 0.1) is 6.10 Å². The van der Waals surface area contributed by atoms with Crippen LogP contribution in [0.2, 0.25) is 0 Å². The fourth-order valence-corrected chi connectivity index (χ4v) is 3.95. The Morgan fingerprint density at radius 2 is 2.10 bits per heavy atom. The van der Waals surface area contributed by atoms with Crippen molar-refractivity contribution in [2.75, 3.05) is 6.61 Å². The Bertz CT molecular complexity index is 369. The average molecular weight is 316 g/mol. The number of carbonyl (C=O) groups excluding carboxylic acids is 1. The third kappa shape index (κ3) is 5.01. The maximum Gasteiger partial charge on any atom is 0.333 e. The van der Waals surface area contributed by atoms with Crippen molar-refractivity contribution < 1.29 is 19.0 Å². The molecule has 0 saturated carbocycles. The van der Waals surface area contributed by atoms with Crippen LogP contribution in [0.5, 0.6) is 0 Å². The van der Waals surface area contributed by atoms with Crippen LogP contribution in [0.4, 0.5) is 0 Å². The summed E-state index contributed by atoms with van der Waals surface area (Å²) in [6.07, 6.45) is 2.50. The zero-order valence-corrected chi connectivity index (χ0v) is 14.6. The molecule has 1 rings (SSSR count). The molecule has 3 atom stereocenters. The van der Waals surface area contributed by atoms with Crippen LogP contribution in [0, 0.1) is 0 Å². The summed E-state index contributed by atoms with van der Waals surface area (Å²) in [6.45, 7) is 14.0. The predicted molar refractivity (Wildman–Crippen MR) is 86.2 cm³/mol. The van der Waals surface area contributed by atoms with Crippen LogP contribution in [0.3, 0.4) is 0 Å². The van der Waals surface area contributed by atoms with Gasteiger partial charge < -0.3 is 14.2 Å². The zero-order chi connectivity index (χ0) is 16.0. The zero-order valence-electron chi connectivity index (χ0n) is 13.8. The van der Waals surface area contributed by atoms with E-state index in [4.69, 9.17) is 14.2 Å². The monoisotopic (exact) mass is 316 g/mol. The van der Waals surface area contributed by atoms with Crippen LogP contribution in [-0.4, -0.2) is 35.2 Å². The molecule has 0 aromatic heterocycles. The predicted octanol–water partition coefficient (Wildman–Crippen LogP) is 3.90. The summed E-state index contributed by atoms with van der Waals surface area (Å²) in [5.41, 5.74) is -0.283. The molecule has 1 aliphatic rings. The molecule has 4 nitrogen and oxygen atoms in total. The number of esters is 1. The molecule has 0 aromatic carbocycles. The molecule has 3 unspecified atom stereocenters. The van der Waals surface area contributed by atoms with E-state index < -0.39 is 5.60 Å². The van der Waals surface area contributed by atoms with Crippen molar-refractivity contribution >= 4 is 17.7 Å². The van der Waals surface area contributed by atoms with Crippen molar-refractivity contribution in [1.29, 1.82) is 0 Å². The van der Waals surface area contributed by atoms with Gasteiger partial charge in [-0.3, -0.25) is 0 Å². The van der Waals surface area contributed by atoms with Crippen LogP contribution in [-0.2, 0) is 19.0 Å². The lowest BCUT2D eigenvalue weighted by Gasteiger charge is -2.44. The third-order valence-corrected chi connectivity index (χ3v) is 4.96. The van der Waals surface area contributed by atoms with Crippen molar-refractivity contribution in [1.82, 2.24) is 0 Å². The van der Waals surface area contributed by atoms with Crippen LogP contribution >= 0.6 is 11.8 Å². The highest BCUT2D eigenvalue weighted by atomic mass is 32.2. The second-order valence-electron chi connectivity index (χ2n) is 5.66. The van der Waals surface area contributed by atoms with Gasteiger partial charge in [-0.05, 0) is 47.0 Å². The van der Waals surface area contributed by atoms with Crippen molar-refractivity contribution in [3.63, 3.8) is 0 Å². The van der Waals surface area contributed by atoms with Gasteiger partial charge in [0, 0.05) is 12.2 Å². The van der Waals surface area contributed by atoms with E-state index in [0.29, 0.717) is 12.2 Å². The summed E-state index contributed by atoms with van der Waals surface area (Å²) in [4.78, 5) is 12.0. The normalized spacial score (nSPS) is 29.4. The van der Waals surface area contributed by atoms with Crippen molar-refractivity contribution in [2.45, 2.75) is 76.5 Å². The first-order chi connectivity index (χ1) is 9.84. The van der Waals surface area contributed by atoms with E-state index in [1.54, 1.807) is 18.7 Å². The van der Waals surface area contributed by atoms with E-state index in [2.05, 4.69) is 6.58 Å². The standard InChI is InChI=1S/C16H28O4S/c1-7-16(20-14(17)11(3)4)10-9-13(19-12(5)6)21-15(16)18-8-2/h12-13,15H,3,7-10H2,1-2,4-6H3. The van der Waals surface area contributed by atoms with E-state index >= 15 is 0 Å². The summed E-state index contributed by atoms with van der Waals surface area (Å²) in [5.74, 6) is -0.342. The minimum Gasteiger partial charge on any atom is -0.452 e. The first kappa shape index (κ1) is 18.5. The number of rotatable bonds is 7. The van der Waals surface area contributed by atoms with E-state index in [1.165, 1.54) is 0 Å². The van der Waals surface area contributed by atoms with Crippen molar-refractivity contribution in [3.8, 4) is 0 Å². The van der Waals surface area contributed by atoms with Gasteiger partial charge in [0.25, 0.3) is 0 Å². The van der Waals surface area contributed by atoms with E-state index in [0.717, 1.165) is 19.3 Å². The number of thioether (sulfide) groups is 1. The quantitative estimate of drug-likeness (QED) is 0.526. The second-order valence-corrected chi connectivity index (χ2v) is 6.89. The molecule has 5 heteroatoms. The molecule has 1 fully saturated rings.